The molecule has 0 unspecified atom stereocenters. The number of anilines is 2. The number of fused-ring (bicyclic) bond motifs is 1. The van der Waals surface area contributed by atoms with Crippen LogP contribution in [0.4, 0.5) is 16.0 Å². The Labute approximate surface area is 194 Å². The van der Waals surface area contributed by atoms with E-state index < -0.39 is 0 Å². The number of nitrogens with one attached hydrogen (secondary N) is 1. The third-order valence-corrected chi connectivity index (χ3v) is 5.71. The summed E-state index contributed by atoms with van der Waals surface area (Å²) in [7, 11) is 0.500. The van der Waals surface area contributed by atoms with Gasteiger partial charge in [-0.25, -0.2) is 9.50 Å². The van der Waals surface area contributed by atoms with Gasteiger partial charge in [0.25, 0.3) is 5.91 Å². The molecule has 0 atom stereocenters. The zero-order valence-corrected chi connectivity index (χ0v) is 20.4. The molecule has 1 amide bonds. The van der Waals surface area contributed by atoms with Gasteiger partial charge >= 0.3 is 0 Å². The molecule has 3 N–H and O–H groups in total. The van der Waals surface area contributed by atoms with Gasteiger partial charge in [0.2, 0.25) is 5.95 Å². The van der Waals surface area contributed by atoms with Gasteiger partial charge < -0.3 is 15.8 Å². The maximum atomic E-state index is 12.2. The fraction of sp³-hybridized carbons (Fsp3) is 0.429. The van der Waals surface area contributed by atoms with Gasteiger partial charge in [0.1, 0.15) is 11.5 Å². The van der Waals surface area contributed by atoms with Gasteiger partial charge in [-0.1, -0.05) is 38.5 Å². The highest BCUT2D eigenvalue weighted by Crippen LogP contribution is 2.27. The summed E-state index contributed by atoms with van der Waals surface area (Å²) in [4.78, 5) is 25.5. The third kappa shape index (κ3) is 9.56. The van der Waals surface area contributed by atoms with E-state index in [-0.39, 0.29) is 17.6 Å². The van der Waals surface area contributed by atoms with Crippen molar-refractivity contribution in [2.75, 3.05) is 18.2 Å². The van der Waals surface area contributed by atoms with E-state index in [1.165, 1.54) is 68.2 Å². The molecule has 0 bridgehead atoms. The SMILES string of the molecule is C1CCCCC1.CC(C)=O.CF.Nc1ncc2ccc(C(=O)Nc3cscc3Br)n2n1. The highest BCUT2D eigenvalue weighted by Gasteiger charge is 2.14. The Morgan fingerprint density at radius 1 is 1.10 bits per heavy atom. The van der Waals surface area contributed by atoms with Crippen molar-refractivity contribution in [1.29, 1.82) is 0 Å². The number of aromatic nitrogens is 3. The maximum Gasteiger partial charge on any atom is 0.274 e. The molecule has 7 nitrogen and oxygen atoms in total. The molecule has 3 heterocycles. The number of nitrogens with two attached hydrogens (primary N) is 1. The monoisotopic (exact) mass is 513 g/mol. The minimum absolute atomic E-state index is 0.120. The lowest BCUT2D eigenvalue weighted by molar-refractivity contribution is -0.115. The summed E-state index contributed by atoms with van der Waals surface area (Å²) < 4.78 is 11.8. The number of nitrogen functional groups attached to an aromatic ring is 1. The third-order valence-electron chi connectivity index (χ3n) is 4.01. The fourth-order valence-electron chi connectivity index (χ4n) is 2.70. The predicted octanol–water partition coefficient (Wildman–Crippen LogP) is 5.91. The number of carbonyl (C=O) groups excluding carboxylic acids is 2. The Balaban J connectivity index is 0.000000331. The molecule has 3 aromatic rings. The molecule has 1 fully saturated rings. The Bertz CT molecular complexity index is 941. The molecule has 0 saturated heterocycles. The first-order valence-corrected chi connectivity index (χ1v) is 11.6. The number of hydrogen-bond donors (Lipinski definition) is 2. The highest BCUT2D eigenvalue weighted by atomic mass is 79.9. The topological polar surface area (TPSA) is 102 Å². The number of hydrogen-bond acceptors (Lipinski definition) is 6. The highest BCUT2D eigenvalue weighted by molar-refractivity contribution is 9.10. The molecule has 0 aromatic carbocycles. The molecule has 4 rings (SSSR count). The lowest BCUT2D eigenvalue weighted by Crippen LogP contribution is -2.15. The van der Waals surface area contributed by atoms with Crippen LogP contribution in [0.3, 0.4) is 0 Å². The zero-order valence-electron chi connectivity index (χ0n) is 18.0. The normalized spacial score (nSPS) is 12.3. The molecule has 0 spiro atoms. The van der Waals surface area contributed by atoms with E-state index in [1.54, 1.807) is 18.3 Å². The van der Waals surface area contributed by atoms with Gasteiger partial charge in [0.05, 0.1) is 29.1 Å². The molecular weight excluding hydrogens is 485 g/mol. The Hall–Kier alpha value is -2.33. The van der Waals surface area contributed by atoms with E-state index in [9.17, 15) is 14.0 Å². The molecule has 1 aliphatic rings. The van der Waals surface area contributed by atoms with Crippen molar-refractivity contribution in [1.82, 2.24) is 14.6 Å². The van der Waals surface area contributed by atoms with Crippen LogP contribution in [0.5, 0.6) is 0 Å². The summed E-state index contributed by atoms with van der Waals surface area (Å²) in [6, 6.07) is 3.44. The summed E-state index contributed by atoms with van der Waals surface area (Å²) in [5.74, 6) is 0.0339. The smallest absolute Gasteiger partial charge is 0.274 e. The van der Waals surface area contributed by atoms with Crippen molar-refractivity contribution in [3.63, 3.8) is 0 Å². The average molecular weight is 514 g/mol. The van der Waals surface area contributed by atoms with Crippen molar-refractivity contribution in [2.45, 2.75) is 52.4 Å². The minimum Gasteiger partial charge on any atom is -0.367 e. The summed E-state index contributed by atoms with van der Waals surface area (Å²) in [5.41, 5.74) is 7.38. The van der Waals surface area contributed by atoms with Gasteiger partial charge in [0, 0.05) is 10.8 Å². The molecule has 31 heavy (non-hydrogen) atoms. The Morgan fingerprint density at radius 3 is 2.13 bits per heavy atom. The van der Waals surface area contributed by atoms with E-state index in [2.05, 4.69) is 31.3 Å². The van der Waals surface area contributed by atoms with Crippen molar-refractivity contribution in [2.24, 2.45) is 0 Å². The lowest BCUT2D eigenvalue weighted by Gasteiger charge is -2.05. The first-order valence-electron chi connectivity index (χ1n) is 9.86. The van der Waals surface area contributed by atoms with Crippen LogP contribution in [-0.2, 0) is 4.79 Å². The minimum atomic E-state index is -0.253. The van der Waals surface area contributed by atoms with Crippen LogP contribution in [0, 0.1) is 0 Å². The average Bonchev–Trinajstić information content (AvgIpc) is 3.36. The molecule has 170 valence electrons. The van der Waals surface area contributed by atoms with Crippen LogP contribution in [0.2, 0.25) is 0 Å². The molecule has 1 aliphatic carbocycles. The zero-order chi connectivity index (χ0) is 23.2. The summed E-state index contributed by atoms with van der Waals surface area (Å²) in [5, 5.41) is 10.6. The first kappa shape index (κ1) is 26.7. The number of alkyl halides is 1. The number of nitrogens with zero attached hydrogens (tertiary/aromatic N) is 3. The molecule has 10 heteroatoms. The second-order valence-electron chi connectivity index (χ2n) is 6.79. The first-order chi connectivity index (χ1) is 14.9. The van der Waals surface area contributed by atoms with Crippen LogP contribution >= 0.6 is 27.3 Å². The second-order valence-corrected chi connectivity index (χ2v) is 8.39. The quantitative estimate of drug-likeness (QED) is 0.443. The molecule has 0 radical (unpaired) electrons. The Morgan fingerprint density at radius 2 is 1.65 bits per heavy atom. The number of amides is 1. The number of thiophene rings is 1. The maximum absolute atomic E-state index is 12.2. The van der Waals surface area contributed by atoms with Gasteiger partial charge in [-0.05, 0) is 41.9 Å². The van der Waals surface area contributed by atoms with Crippen molar-refractivity contribution < 1.29 is 14.0 Å². The van der Waals surface area contributed by atoms with Crippen molar-refractivity contribution >= 4 is 56.1 Å². The van der Waals surface area contributed by atoms with Gasteiger partial charge in [-0.15, -0.1) is 16.4 Å². The van der Waals surface area contributed by atoms with Gasteiger partial charge in [0.15, 0.2) is 0 Å². The van der Waals surface area contributed by atoms with Crippen LogP contribution < -0.4 is 11.1 Å². The summed E-state index contributed by atoms with van der Waals surface area (Å²) >= 11 is 4.86. The molecule has 1 saturated carbocycles. The lowest BCUT2D eigenvalue weighted by atomic mass is 10.0. The standard InChI is InChI=1S/C11H8BrN5OS.C6H12.C3H6O.CH3F/c12-7-4-19-5-8(7)15-10(18)9-2-1-6-3-14-11(13)16-17(6)9;1-2-4-6-5-3-1;1-3(2)4;1-2/h1-5H,(H2,13,16)(H,15,18);1-6H2;1-2H3;1H3. The van der Waals surface area contributed by atoms with E-state index in [4.69, 9.17) is 5.73 Å². The summed E-state index contributed by atoms with van der Waals surface area (Å²) in [6.07, 6.45) is 10.6. The van der Waals surface area contributed by atoms with Crippen LogP contribution in [0.25, 0.3) is 5.52 Å². The largest absolute Gasteiger partial charge is 0.367 e. The van der Waals surface area contributed by atoms with E-state index >= 15 is 0 Å². The summed E-state index contributed by atoms with van der Waals surface area (Å²) in [6.45, 7) is 3.06. The fourth-order valence-corrected chi connectivity index (χ4v) is 4.03. The van der Waals surface area contributed by atoms with Gasteiger partial charge in [-0.3, -0.25) is 9.18 Å². The Kier molecular flexibility index (Phi) is 12.6. The van der Waals surface area contributed by atoms with E-state index in [0.29, 0.717) is 18.4 Å². The van der Waals surface area contributed by atoms with Crippen LogP contribution in [0.15, 0.2) is 33.6 Å². The van der Waals surface area contributed by atoms with E-state index in [1.807, 2.05) is 10.8 Å². The predicted molar refractivity (Wildman–Crippen MR) is 128 cm³/mol. The molecule has 3 aromatic heterocycles. The second kappa shape index (κ2) is 14.6. The number of rotatable bonds is 2. The number of ketones is 1. The molecular formula is C21H29BrFN5O2S. The number of Topliss-reactive ketones (excluding diaryl/α,β-unsaturated/α-hetero) is 1. The van der Waals surface area contributed by atoms with Crippen LogP contribution in [-0.4, -0.2) is 33.5 Å². The number of carbonyl (C=O) groups is 2. The number of halogens is 2. The van der Waals surface area contributed by atoms with Crippen molar-refractivity contribution in [3.8, 4) is 0 Å². The van der Waals surface area contributed by atoms with Crippen LogP contribution in [0.1, 0.15) is 62.9 Å². The molecule has 0 aliphatic heterocycles. The van der Waals surface area contributed by atoms with Gasteiger partial charge in [-0.2, -0.15) is 0 Å². The van der Waals surface area contributed by atoms with Crippen molar-refractivity contribution in [3.05, 3.63) is 39.3 Å². The van der Waals surface area contributed by atoms with E-state index in [0.717, 1.165) is 10.2 Å².